The second-order valence-electron chi connectivity index (χ2n) is 5.99. The number of hydrogen-bond donors (Lipinski definition) is 1. The van der Waals surface area contributed by atoms with E-state index in [9.17, 15) is 26.7 Å². The van der Waals surface area contributed by atoms with E-state index in [0.29, 0.717) is 10.4 Å². The number of halogens is 5. The van der Waals surface area contributed by atoms with Crippen molar-refractivity contribution in [1.29, 1.82) is 0 Å². The molecule has 5 nitrogen and oxygen atoms in total. The van der Waals surface area contributed by atoms with Gasteiger partial charge in [0.05, 0.1) is 12.0 Å². The first-order valence-corrected chi connectivity index (χ1v) is 9.60. The summed E-state index contributed by atoms with van der Waals surface area (Å²) in [6.45, 7) is 0.744. The quantitative estimate of drug-likeness (QED) is 0.497. The smallest absolute Gasteiger partial charge is 0.406 e. The molecule has 29 heavy (non-hydrogen) atoms. The molecule has 3 aromatic rings. The number of ether oxygens (including phenoxy) is 1. The first-order chi connectivity index (χ1) is 13.5. The Morgan fingerprint density at radius 3 is 2.66 bits per heavy atom. The molecule has 0 fully saturated rings. The molecule has 1 amide bonds. The maximum atomic E-state index is 13.0. The van der Waals surface area contributed by atoms with Crippen LogP contribution in [-0.4, -0.2) is 27.5 Å². The van der Waals surface area contributed by atoms with Crippen molar-refractivity contribution >= 4 is 33.9 Å². The van der Waals surface area contributed by atoms with Crippen molar-refractivity contribution < 1.29 is 31.5 Å². The first-order valence-electron chi connectivity index (χ1n) is 7.95. The Kier molecular flexibility index (Phi) is 5.85. The van der Waals surface area contributed by atoms with E-state index < -0.39 is 24.6 Å². The van der Waals surface area contributed by atoms with E-state index in [1.807, 2.05) is 0 Å². The Morgan fingerprint density at radius 2 is 1.97 bits per heavy atom. The van der Waals surface area contributed by atoms with Gasteiger partial charge in [0.2, 0.25) is 5.13 Å². The summed E-state index contributed by atoms with van der Waals surface area (Å²) in [5.74, 6) is -3.95. The number of hydrogen-bond acceptors (Lipinski definition) is 6. The van der Waals surface area contributed by atoms with Gasteiger partial charge in [-0.15, -0.1) is 24.5 Å². The third-order valence-electron chi connectivity index (χ3n) is 3.37. The van der Waals surface area contributed by atoms with Gasteiger partial charge in [0.1, 0.15) is 5.75 Å². The number of carbonyl (C=O) groups is 1. The molecule has 0 unspecified atom stereocenters. The topological polar surface area (TPSA) is 64.1 Å². The van der Waals surface area contributed by atoms with Gasteiger partial charge in [-0.3, -0.25) is 10.1 Å². The van der Waals surface area contributed by atoms with Crippen molar-refractivity contribution in [2.45, 2.75) is 25.6 Å². The van der Waals surface area contributed by atoms with E-state index >= 15 is 0 Å². The summed E-state index contributed by atoms with van der Waals surface area (Å²) in [5.41, 5.74) is 0.684. The van der Waals surface area contributed by atoms with Crippen LogP contribution in [0.4, 0.5) is 27.1 Å². The molecule has 0 aliphatic heterocycles. The van der Waals surface area contributed by atoms with Crippen LogP contribution in [0.1, 0.15) is 23.1 Å². The molecule has 0 bridgehead atoms. The van der Waals surface area contributed by atoms with Crippen molar-refractivity contribution in [1.82, 2.24) is 9.36 Å². The molecule has 1 N–H and O–H groups in total. The van der Waals surface area contributed by atoms with Gasteiger partial charge >= 0.3 is 6.36 Å². The number of nitrogens with zero attached hydrogens (tertiary/aromatic N) is 2. The number of amides is 1. The third-order valence-corrected chi connectivity index (χ3v) is 5.02. The molecule has 12 heteroatoms. The van der Waals surface area contributed by atoms with Crippen LogP contribution in [0.15, 0.2) is 35.7 Å². The van der Waals surface area contributed by atoms with Gasteiger partial charge < -0.3 is 4.74 Å². The lowest BCUT2D eigenvalue weighted by Crippen LogP contribution is -2.17. The minimum atomic E-state index is -4.80. The first kappa shape index (κ1) is 21.1. The molecular weight excluding hydrogens is 437 g/mol. The molecule has 154 valence electrons. The van der Waals surface area contributed by atoms with Gasteiger partial charge in [-0.2, -0.15) is 4.37 Å². The fourth-order valence-corrected chi connectivity index (χ4v) is 3.75. The summed E-state index contributed by atoms with van der Waals surface area (Å²) in [7, 11) is 0. The van der Waals surface area contributed by atoms with Gasteiger partial charge in [0.25, 0.3) is 11.8 Å². The molecule has 3 rings (SSSR count). The molecule has 0 saturated heterocycles. The standard InChI is InChI=1S/C17H12F5N3O2S2/c1-16(18,19)7-13-23-15(29-25-13)24-14(26)10-6-12(28-8-10)9-3-2-4-11(5-9)27-17(20,21)22/h2-6,8H,7H2,1H3,(H,23,24,25,26). The molecule has 2 heterocycles. The summed E-state index contributed by atoms with van der Waals surface area (Å²) < 4.78 is 70.7. The second kappa shape index (κ2) is 8.03. The summed E-state index contributed by atoms with van der Waals surface area (Å²) in [6, 6.07) is 6.86. The Bertz CT molecular complexity index is 1010. The normalized spacial score (nSPS) is 12.1. The molecule has 0 aliphatic carbocycles. The number of nitrogens with one attached hydrogen (secondary N) is 1. The van der Waals surface area contributed by atoms with E-state index in [1.54, 1.807) is 6.07 Å². The average molecular weight is 449 g/mol. The molecule has 0 aliphatic rings. The van der Waals surface area contributed by atoms with Gasteiger partial charge in [-0.05, 0) is 30.7 Å². The fraction of sp³-hybridized carbons (Fsp3) is 0.235. The number of benzene rings is 1. The van der Waals surface area contributed by atoms with E-state index in [1.165, 1.54) is 29.6 Å². The lowest BCUT2D eigenvalue weighted by Gasteiger charge is -2.09. The number of carbonyl (C=O) groups excluding carboxylic acids is 1. The maximum absolute atomic E-state index is 13.0. The Balaban J connectivity index is 1.70. The van der Waals surface area contributed by atoms with Gasteiger partial charge in [0, 0.05) is 21.8 Å². The maximum Gasteiger partial charge on any atom is 0.573 e. The number of rotatable bonds is 6. The monoisotopic (exact) mass is 449 g/mol. The SMILES string of the molecule is CC(F)(F)Cc1nsc(NC(=O)c2csc(-c3cccc(OC(F)(F)F)c3)c2)n1. The predicted molar refractivity (Wildman–Crippen MR) is 98.6 cm³/mol. The van der Waals surface area contributed by atoms with Crippen molar-refractivity contribution in [3.8, 4) is 16.2 Å². The van der Waals surface area contributed by atoms with Crippen LogP contribution in [0.2, 0.25) is 0 Å². The zero-order valence-electron chi connectivity index (χ0n) is 14.6. The zero-order valence-corrected chi connectivity index (χ0v) is 16.2. The van der Waals surface area contributed by atoms with Crippen LogP contribution in [-0.2, 0) is 6.42 Å². The average Bonchev–Trinajstić information content (AvgIpc) is 3.21. The molecule has 0 radical (unpaired) electrons. The minimum Gasteiger partial charge on any atom is -0.406 e. The number of thiophene rings is 1. The lowest BCUT2D eigenvalue weighted by molar-refractivity contribution is -0.274. The molecular formula is C17H12F5N3O2S2. The number of anilines is 1. The van der Waals surface area contributed by atoms with E-state index in [4.69, 9.17) is 0 Å². The Morgan fingerprint density at radius 1 is 1.21 bits per heavy atom. The van der Waals surface area contributed by atoms with E-state index in [-0.39, 0.29) is 22.3 Å². The number of alkyl halides is 5. The van der Waals surface area contributed by atoms with Crippen molar-refractivity contribution in [2.24, 2.45) is 0 Å². The molecule has 1 aromatic carbocycles. The van der Waals surface area contributed by atoms with Crippen LogP contribution >= 0.6 is 22.9 Å². The van der Waals surface area contributed by atoms with Gasteiger partial charge in [-0.1, -0.05) is 12.1 Å². The zero-order chi connectivity index (χ0) is 21.2. The van der Waals surface area contributed by atoms with Crippen molar-refractivity contribution in [2.75, 3.05) is 5.32 Å². The summed E-state index contributed by atoms with van der Waals surface area (Å²) in [5, 5.41) is 4.06. The third kappa shape index (κ3) is 6.19. The van der Waals surface area contributed by atoms with Gasteiger partial charge in [0.15, 0.2) is 5.82 Å². The van der Waals surface area contributed by atoms with Crippen LogP contribution < -0.4 is 10.1 Å². The van der Waals surface area contributed by atoms with Crippen molar-refractivity contribution in [3.63, 3.8) is 0 Å². The predicted octanol–water partition coefficient (Wildman–Crippen LogP) is 5.62. The Hall–Kier alpha value is -2.60. The molecule has 0 atom stereocenters. The van der Waals surface area contributed by atoms with E-state index in [2.05, 4.69) is 19.4 Å². The summed E-state index contributed by atoms with van der Waals surface area (Å²) in [4.78, 5) is 16.7. The summed E-state index contributed by atoms with van der Waals surface area (Å²) in [6.07, 6.45) is -5.44. The van der Waals surface area contributed by atoms with Gasteiger partial charge in [-0.25, -0.2) is 13.8 Å². The van der Waals surface area contributed by atoms with Crippen LogP contribution in [0, 0.1) is 0 Å². The highest BCUT2D eigenvalue weighted by Crippen LogP contribution is 2.32. The molecule has 2 aromatic heterocycles. The lowest BCUT2D eigenvalue weighted by atomic mass is 10.1. The number of aromatic nitrogens is 2. The largest absolute Gasteiger partial charge is 0.573 e. The highest BCUT2D eigenvalue weighted by molar-refractivity contribution is 7.14. The molecule has 0 spiro atoms. The molecule has 0 saturated carbocycles. The fourth-order valence-electron chi connectivity index (χ4n) is 2.28. The summed E-state index contributed by atoms with van der Waals surface area (Å²) >= 11 is 1.93. The highest BCUT2D eigenvalue weighted by Gasteiger charge is 2.31. The van der Waals surface area contributed by atoms with E-state index in [0.717, 1.165) is 29.8 Å². The van der Waals surface area contributed by atoms with Crippen LogP contribution in [0.3, 0.4) is 0 Å². The van der Waals surface area contributed by atoms with Crippen LogP contribution in [0.5, 0.6) is 5.75 Å². The Labute approximate surface area is 169 Å². The van der Waals surface area contributed by atoms with Crippen molar-refractivity contribution in [3.05, 3.63) is 47.1 Å². The second-order valence-corrected chi connectivity index (χ2v) is 7.66. The highest BCUT2D eigenvalue weighted by atomic mass is 32.1. The van der Waals surface area contributed by atoms with Crippen LogP contribution in [0.25, 0.3) is 10.4 Å². The minimum absolute atomic E-state index is 0.0718.